The molecule has 4 rings (SSSR count). The van der Waals surface area contributed by atoms with Gasteiger partial charge in [-0.1, -0.05) is 6.07 Å². The Morgan fingerprint density at radius 2 is 1.88 bits per heavy atom. The van der Waals surface area contributed by atoms with Crippen LogP contribution >= 0.6 is 31.9 Å². The highest BCUT2D eigenvalue weighted by molar-refractivity contribution is 9.10. The topological polar surface area (TPSA) is 52.8 Å². The minimum atomic E-state index is -0.409. The van der Waals surface area contributed by atoms with E-state index in [4.69, 9.17) is 4.74 Å². The van der Waals surface area contributed by atoms with E-state index in [2.05, 4.69) is 46.9 Å². The minimum absolute atomic E-state index is 0.314. The van der Waals surface area contributed by atoms with E-state index in [-0.39, 0.29) is 5.82 Å². The molecule has 0 saturated heterocycles. The number of benzene rings is 1. The maximum atomic E-state index is 14.3. The molecule has 0 radical (unpaired) electrons. The van der Waals surface area contributed by atoms with Crippen LogP contribution in [0, 0.1) is 12.7 Å². The largest absolute Gasteiger partial charge is 0.484 e. The molecule has 0 aliphatic heterocycles. The van der Waals surface area contributed by atoms with E-state index in [0.29, 0.717) is 12.2 Å². The molecule has 1 atom stereocenters. The van der Waals surface area contributed by atoms with Gasteiger partial charge in [-0.25, -0.2) is 4.39 Å². The molecule has 5 nitrogen and oxygen atoms in total. The lowest BCUT2D eigenvalue weighted by Crippen LogP contribution is -2.08. The smallest absolute Gasteiger partial charge is 0.142 e. The van der Waals surface area contributed by atoms with Crippen LogP contribution in [-0.4, -0.2) is 19.7 Å². The Kier molecular flexibility index (Phi) is 7.24. The Labute approximate surface area is 209 Å². The molecule has 3 heterocycles. The molecule has 0 N–H and O–H groups in total. The fourth-order valence-corrected chi connectivity index (χ4v) is 4.65. The van der Waals surface area contributed by atoms with Gasteiger partial charge in [0.15, 0.2) is 0 Å². The van der Waals surface area contributed by atoms with Crippen molar-refractivity contribution in [2.45, 2.75) is 39.8 Å². The summed E-state index contributed by atoms with van der Waals surface area (Å²) in [6.07, 6.45) is 7.45. The molecule has 8 heteroatoms. The number of hydrogen-bond donors (Lipinski definition) is 0. The van der Waals surface area contributed by atoms with Gasteiger partial charge in [-0.3, -0.25) is 14.6 Å². The van der Waals surface area contributed by atoms with Crippen molar-refractivity contribution in [2.75, 3.05) is 0 Å². The molecule has 4 aromatic rings. The predicted octanol–water partition coefficient (Wildman–Crippen LogP) is 7.06. The van der Waals surface area contributed by atoms with Crippen molar-refractivity contribution in [2.24, 2.45) is 0 Å². The molecule has 0 fully saturated rings. The number of pyridine rings is 2. The summed E-state index contributed by atoms with van der Waals surface area (Å²) in [6.45, 7) is 6.63. The average Bonchev–Trinajstić information content (AvgIpc) is 3.16. The van der Waals surface area contributed by atoms with E-state index in [9.17, 15) is 4.39 Å². The van der Waals surface area contributed by atoms with Crippen LogP contribution in [0.1, 0.15) is 42.3 Å². The molecule has 0 aliphatic carbocycles. The van der Waals surface area contributed by atoms with E-state index in [0.717, 1.165) is 49.1 Å². The van der Waals surface area contributed by atoms with E-state index < -0.39 is 6.10 Å². The SMILES string of the molecule is CCn1ncc(Cc2ccncc2-c2ccc(F)cc2C(C)Oc2cc(Br)cnc2C)c1Br. The van der Waals surface area contributed by atoms with Crippen LogP contribution in [0.5, 0.6) is 5.75 Å². The summed E-state index contributed by atoms with van der Waals surface area (Å²) in [7, 11) is 0. The molecule has 3 aromatic heterocycles. The second kappa shape index (κ2) is 10.1. The summed E-state index contributed by atoms with van der Waals surface area (Å²) < 4.78 is 24.3. The summed E-state index contributed by atoms with van der Waals surface area (Å²) in [4.78, 5) is 8.69. The molecule has 0 bridgehead atoms. The van der Waals surface area contributed by atoms with Crippen molar-refractivity contribution in [1.29, 1.82) is 0 Å². The van der Waals surface area contributed by atoms with Crippen molar-refractivity contribution in [3.63, 3.8) is 0 Å². The van der Waals surface area contributed by atoms with Crippen LogP contribution < -0.4 is 4.74 Å². The number of rotatable bonds is 7. The summed E-state index contributed by atoms with van der Waals surface area (Å²) in [5, 5.41) is 4.43. The number of halogens is 3. The first kappa shape index (κ1) is 23.6. The van der Waals surface area contributed by atoms with Crippen molar-refractivity contribution < 1.29 is 9.13 Å². The van der Waals surface area contributed by atoms with Crippen molar-refractivity contribution in [3.8, 4) is 16.9 Å². The van der Waals surface area contributed by atoms with Gasteiger partial charge in [0.25, 0.3) is 0 Å². The first-order valence-corrected chi connectivity index (χ1v) is 12.2. The van der Waals surface area contributed by atoms with Crippen LogP contribution in [-0.2, 0) is 13.0 Å². The molecular weight excluding hydrogens is 551 g/mol. The van der Waals surface area contributed by atoms with Gasteiger partial charge in [0.2, 0.25) is 0 Å². The number of aromatic nitrogens is 4. The Morgan fingerprint density at radius 1 is 1.06 bits per heavy atom. The van der Waals surface area contributed by atoms with Crippen LogP contribution in [0.25, 0.3) is 11.1 Å². The third-order valence-electron chi connectivity index (χ3n) is 5.49. The molecular formula is C25H23Br2FN4O. The Hall–Kier alpha value is -2.58. The van der Waals surface area contributed by atoms with Crippen LogP contribution in [0.4, 0.5) is 4.39 Å². The van der Waals surface area contributed by atoms with Gasteiger partial charge in [-0.2, -0.15) is 5.10 Å². The zero-order chi connectivity index (χ0) is 23.5. The second-order valence-corrected chi connectivity index (χ2v) is 9.38. The fraction of sp³-hybridized carbons (Fsp3) is 0.240. The van der Waals surface area contributed by atoms with Gasteiger partial charge in [-0.15, -0.1) is 0 Å². The first-order chi connectivity index (χ1) is 15.9. The van der Waals surface area contributed by atoms with Crippen LogP contribution in [0.15, 0.2) is 64.2 Å². The van der Waals surface area contributed by atoms with Gasteiger partial charge < -0.3 is 4.74 Å². The molecule has 170 valence electrons. The van der Waals surface area contributed by atoms with Gasteiger partial charge in [0.05, 0.1) is 11.9 Å². The summed E-state index contributed by atoms with van der Waals surface area (Å²) in [6, 6.07) is 8.66. The van der Waals surface area contributed by atoms with Gasteiger partial charge in [0, 0.05) is 52.7 Å². The minimum Gasteiger partial charge on any atom is -0.484 e. The molecule has 1 aromatic carbocycles. The lowest BCUT2D eigenvalue weighted by atomic mass is 9.92. The van der Waals surface area contributed by atoms with Crippen molar-refractivity contribution in [1.82, 2.24) is 19.7 Å². The molecule has 1 unspecified atom stereocenters. The summed E-state index contributed by atoms with van der Waals surface area (Å²) in [5.41, 5.74) is 5.47. The highest BCUT2D eigenvalue weighted by Crippen LogP contribution is 2.35. The molecule has 0 saturated carbocycles. The molecule has 0 spiro atoms. The zero-order valence-electron chi connectivity index (χ0n) is 18.5. The van der Waals surface area contributed by atoms with Crippen molar-refractivity contribution in [3.05, 3.63) is 92.4 Å². The number of aryl methyl sites for hydroxylation is 2. The van der Waals surface area contributed by atoms with Crippen LogP contribution in [0.3, 0.4) is 0 Å². The first-order valence-electron chi connectivity index (χ1n) is 10.6. The van der Waals surface area contributed by atoms with Crippen LogP contribution in [0.2, 0.25) is 0 Å². The molecule has 33 heavy (non-hydrogen) atoms. The van der Waals surface area contributed by atoms with E-state index in [1.165, 1.54) is 12.1 Å². The predicted molar refractivity (Wildman–Crippen MR) is 134 cm³/mol. The van der Waals surface area contributed by atoms with E-state index in [1.807, 2.05) is 50.0 Å². The highest BCUT2D eigenvalue weighted by Gasteiger charge is 2.19. The molecule has 0 amide bonds. The summed E-state index contributed by atoms with van der Waals surface area (Å²) >= 11 is 7.09. The zero-order valence-corrected chi connectivity index (χ0v) is 21.7. The highest BCUT2D eigenvalue weighted by atomic mass is 79.9. The van der Waals surface area contributed by atoms with Gasteiger partial charge in [-0.05, 0) is 88.0 Å². The lowest BCUT2D eigenvalue weighted by Gasteiger charge is -2.21. The Morgan fingerprint density at radius 3 is 2.64 bits per heavy atom. The fourth-order valence-electron chi connectivity index (χ4n) is 3.75. The number of ether oxygens (including phenoxy) is 1. The van der Waals surface area contributed by atoms with Gasteiger partial charge >= 0.3 is 0 Å². The monoisotopic (exact) mass is 572 g/mol. The second-order valence-electron chi connectivity index (χ2n) is 7.71. The number of nitrogens with zero attached hydrogens (tertiary/aromatic N) is 4. The third-order valence-corrected chi connectivity index (χ3v) is 6.84. The maximum absolute atomic E-state index is 14.3. The summed E-state index contributed by atoms with van der Waals surface area (Å²) in [5.74, 6) is 0.333. The third kappa shape index (κ3) is 5.17. The average molecular weight is 574 g/mol. The normalized spacial score (nSPS) is 12.1. The van der Waals surface area contributed by atoms with E-state index >= 15 is 0 Å². The van der Waals surface area contributed by atoms with Crippen molar-refractivity contribution >= 4 is 31.9 Å². The van der Waals surface area contributed by atoms with Gasteiger partial charge in [0.1, 0.15) is 22.3 Å². The lowest BCUT2D eigenvalue weighted by molar-refractivity contribution is 0.224. The quantitative estimate of drug-likeness (QED) is 0.237. The standard InChI is InChI=1S/C25H23Br2FN4O/c1-4-32-25(27)18(12-31-32)9-17-7-8-29-14-23(17)21-6-5-20(28)11-22(21)16(3)33-24-10-19(26)13-30-15(24)2/h5-8,10-14,16H,4,9H2,1-3H3. The Bertz CT molecular complexity index is 1290. The maximum Gasteiger partial charge on any atom is 0.142 e. The number of hydrogen-bond acceptors (Lipinski definition) is 4. The molecule has 0 aliphatic rings. The Balaban J connectivity index is 1.73. The van der Waals surface area contributed by atoms with E-state index in [1.54, 1.807) is 18.5 Å².